The van der Waals surface area contributed by atoms with E-state index in [1.807, 2.05) is 31.2 Å². The smallest absolute Gasteiger partial charge is 0.147 e. The summed E-state index contributed by atoms with van der Waals surface area (Å²) in [7, 11) is 0. The number of hydrogen-bond donors (Lipinski definition) is 5. The van der Waals surface area contributed by atoms with Gasteiger partial charge < -0.3 is 32.2 Å². The molecule has 0 saturated carbocycles. The Kier molecular flexibility index (Phi) is 7.93. The van der Waals surface area contributed by atoms with Crippen molar-refractivity contribution in [1.82, 2.24) is 9.97 Å². The van der Waals surface area contributed by atoms with Crippen LogP contribution in [-0.4, -0.2) is 47.2 Å². The molecule has 2 aromatic carbocycles. The van der Waals surface area contributed by atoms with Crippen molar-refractivity contribution in [3.05, 3.63) is 94.7 Å². The SMILES string of the molecule is C=C1c2c(C)cccc2C=C(CNc2ncnc(N)c2C(N)=C(C=N)C=NCCO)N1c1ccccc1F. The molecule has 9 nitrogen and oxygen atoms in total. The normalized spacial score (nSPS) is 13.7. The second-order valence-electron chi connectivity index (χ2n) is 8.52. The minimum atomic E-state index is -0.381. The fraction of sp³-hybridized carbons (Fsp3) is 0.143. The van der Waals surface area contributed by atoms with Crippen molar-refractivity contribution in [3.63, 3.8) is 0 Å². The van der Waals surface area contributed by atoms with Crippen LogP contribution in [0.4, 0.5) is 21.7 Å². The van der Waals surface area contributed by atoms with E-state index >= 15 is 0 Å². The number of aliphatic hydroxyl groups excluding tert-OH is 1. The van der Waals surface area contributed by atoms with Crippen molar-refractivity contribution in [2.24, 2.45) is 10.7 Å². The van der Waals surface area contributed by atoms with Crippen LogP contribution in [0, 0.1) is 18.2 Å². The number of para-hydroxylation sites is 1. The monoisotopic (exact) mass is 512 g/mol. The van der Waals surface area contributed by atoms with E-state index < -0.39 is 0 Å². The van der Waals surface area contributed by atoms with E-state index in [0.29, 0.717) is 22.8 Å². The molecule has 1 aliphatic heterocycles. The summed E-state index contributed by atoms with van der Waals surface area (Å²) in [5, 5.41) is 20.0. The predicted molar refractivity (Wildman–Crippen MR) is 152 cm³/mol. The number of fused-ring (bicyclic) bond motifs is 1. The minimum absolute atomic E-state index is 0.115. The van der Waals surface area contributed by atoms with E-state index in [2.05, 4.69) is 26.9 Å². The van der Waals surface area contributed by atoms with Gasteiger partial charge in [-0.3, -0.25) is 4.99 Å². The number of nitrogens with two attached hydrogens (primary N) is 2. The van der Waals surface area contributed by atoms with Gasteiger partial charge in [0.05, 0.1) is 36.6 Å². The first kappa shape index (κ1) is 26.2. The zero-order chi connectivity index (χ0) is 27.2. The second kappa shape index (κ2) is 11.5. The quantitative estimate of drug-likeness (QED) is 0.274. The fourth-order valence-corrected chi connectivity index (χ4v) is 4.32. The molecule has 0 atom stereocenters. The summed E-state index contributed by atoms with van der Waals surface area (Å²) >= 11 is 0. The molecule has 0 unspecified atom stereocenters. The first-order chi connectivity index (χ1) is 18.4. The number of aryl methyl sites for hydroxylation is 1. The molecule has 0 amide bonds. The number of aliphatic imine (C=N–C) groups is 1. The largest absolute Gasteiger partial charge is 0.397 e. The van der Waals surface area contributed by atoms with E-state index in [9.17, 15) is 4.39 Å². The van der Waals surface area contributed by atoms with Crippen molar-refractivity contribution in [2.75, 3.05) is 35.6 Å². The molecule has 0 radical (unpaired) electrons. The van der Waals surface area contributed by atoms with Gasteiger partial charge in [-0.15, -0.1) is 0 Å². The Hall–Kier alpha value is -4.83. The zero-order valence-corrected chi connectivity index (χ0v) is 20.9. The van der Waals surface area contributed by atoms with Crippen LogP contribution in [0.25, 0.3) is 17.5 Å². The Morgan fingerprint density at radius 2 is 2.03 bits per heavy atom. The van der Waals surface area contributed by atoms with Gasteiger partial charge in [0.1, 0.15) is 23.8 Å². The maximum atomic E-state index is 15.0. The zero-order valence-electron chi connectivity index (χ0n) is 20.9. The van der Waals surface area contributed by atoms with Crippen LogP contribution >= 0.6 is 0 Å². The van der Waals surface area contributed by atoms with Gasteiger partial charge in [0.15, 0.2) is 0 Å². The number of nitrogens with zero attached hydrogens (tertiary/aromatic N) is 4. The Morgan fingerprint density at radius 3 is 2.76 bits per heavy atom. The van der Waals surface area contributed by atoms with Gasteiger partial charge >= 0.3 is 0 Å². The third kappa shape index (κ3) is 5.16. The van der Waals surface area contributed by atoms with E-state index in [1.54, 1.807) is 23.1 Å². The number of benzene rings is 2. The lowest BCUT2D eigenvalue weighted by Crippen LogP contribution is -2.29. The van der Waals surface area contributed by atoms with Crippen molar-refractivity contribution in [3.8, 4) is 0 Å². The number of allylic oxidation sites excluding steroid dienone is 1. The van der Waals surface area contributed by atoms with Crippen LogP contribution in [0.2, 0.25) is 0 Å². The van der Waals surface area contributed by atoms with E-state index in [4.69, 9.17) is 22.0 Å². The Balaban J connectivity index is 1.76. The lowest BCUT2D eigenvalue weighted by Gasteiger charge is -2.35. The highest BCUT2D eigenvalue weighted by atomic mass is 19.1. The first-order valence-corrected chi connectivity index (χ1v) is 11.9. The Morgan fingerprint density at radius 1 is 1.24 bits per heavy atom. The number of hydrogen-bond acceptors (Lipinski definition) is 9. The molecule has 2 heterocycles. The molecule has 10 heteroatoms. The highest BCUT2D eigenvalue weighted by Crippen LogP contribution is 2.39. The number of rotatable bonds is 9. The Labute approximate surface area is 220 Å². The molecule has 0 aliphatic carbocycles. The molecule has 1 aromatic heterocycles. The van der Waals surface area contributed by atoms with Crippen molar-refractivity contribution in [2.45, 2.75) is 6.92 Å². The van der Waals surface area contributed by atoms with Gasteiger partial charge in [-0.05, 0) is 36.3 Å². The van der Waals surface area contributed by atoms with Crippen LogP contribution in [0.1, 0.15) is 22.3 Å². The number of aromatic nitrogens is 2. The third-order valence-electron chi connectivity index (χ3n) is 6.08. The van der Waals surface area contributed by atoms with Gasteiger partial charge in [-0.1, -0.05) is 36.9 Å². The van der Waals surface area contributed by atoms with Gasteiger partial charge in [-0.2, -0.15) is 0 Å². The molecule has 194 valence electrons. The van der Waals surface area contributed by atoms with Crippen molar-refractivity contribution >= 4 is 47.2 Å². The minimum Gasteiger partial charge on any atom is -0.397 e. The van der Waals surface area contributed by atoms with Crippen LogP contribution < -0.4 is 21.7 Å². The summed E-state index contributed by atoms with van der Waals surface area (Å²) in [6.07, 6.45) is 5.71. The average Bonchev–Trinajstić information content (AvgIpc) is 2.90. The van der Waals surface area contributed by atoms with Crippen LogP contribution in [0.3, 0.4) is 0 Å². The van der Waals surface area contributed by atoms with E-state index in [-0.39, 0.29) is 42.6 Å². The molecule has 0 spiro atoms. The average molecular weight is 513 g/mol. The highest BCUT2D eigenvalue weighted by molar-refractivity contribution is 6.11. The van der Waals surface area contributed by atoms with Crippen LogP contribution in [0.15, 0.2) is 71.6 Å². The molecule has 0 bridgehead atoms. The molecule has 0 saturated heterocycles. The standard InChI is InChI=1S/C28H29FN8O/c1-17-6-5-7-19-12-21(37(18(2)24(17)19)23-9-4-3-8-22(23)29)15-34-28-25(27(32)35-16-36-28)26(31)20(13-30)14-33-10-11-38/h3-9,12-14,16,30,38H,2,10-11,15,31H2,1H3,(H3,32,34,35,36). The van der Waals surface area contributed by atoms with Gasteiger partial charge in [0.25, 0.3) is 0 Å². The van der Waals surface area contributed by atoms with Crippen molar-refractivity contribution < 1.29 is 9.50 Å². The molecule has 0 fully saturated rings. The summed E-state index contributed by atoms with van der Waals surface area (Å²) in [6.45, 7) is 6.56. The number of anilines is 3. The lowest BCUT2D eigenvalue weighted by atomic mass is 9.93. The lowest BCUT2D eigenvalue weighted by molar-refractivity contribution is 0.307. The number of halogens is 1. The summed E-state index contributed by atoms with van der Waals surface area (Å²) in [6, 6.07) is 12.5. The maximum absolute atomic E-state index is 15.0. The van der Waals surface area contributed by atoms with Crippen LogP contribution in [-0.2, 0) is 0 Å². The molecular weight excluding hydrogens is 483 g/mol. The van der Waals surface area contributed by atoms with Gasteiger partial charge in [0, 0.05) is 35.0 Å². The first-order valence-electron chi connectivity index (χ1n) is 11.9. The topological polar surface area (TPSA) is 150 Å². The molecule has 4 rings (SSSR count). The summed E-state index contributed by atoms with van der Waals surface area (Å²) < 4.78 is 15.0. The fourth-order valence-electron chi connectivity index (χ4n) is 4.32. The highest BCUT2D eigenvalue weighted by Gasteiger charge is 2.27. The molecule has 7 N–H and O–H groups in total. The molecule has 38 heavy (non-hydrogen) atoms. The molecule has 1 aliphatic rings. The predicted octanol–water partition coefficient (Wildman–Crippen LogP) is 3.83. The second-order valence-corrected chi connectivity index (χ2v) is 8.52. The number of nitrogens with one attached hydrogen (secondary N) is 2. The number of aliphatic hydroxyl groups is 1. The van der Waals surface area contributed by atoms with Gasteiger partial charge in [-0.25, -0.2) is 14.4 Å². The van der Waals surface area contributed by atoms with Crippen LogP contribution in [0.5, 0.6) is 0 Å². The molecule has 3 aromatic rings. The van der Waals surface area contributed by atoms with E-state index in [1.165, 1.54) is 18.6 Å². The van der Waals surface area contributed by atoms with Gasteiger partial charge in [0.2, 0.25) is 0 Å². The number of nitrogen functional groups attached to an aromatic ring is 1. The Bertz CT molecular complexity index is 1480. The molecular formula is C28H29FN8O. The van der Waals surface area contributed by atoms with Crippen molar-refractivity contribution in [1.29, 1.82) is 5.41 Å². The summed E-state index contributed by atoms with van der Waals surface area (Å²) in [4.78, 5) is 14.2. The maximum Gasteiger partial charge on any atom is 0.147 e. The third-order valence-corrected chi connectivity index (χ3v) is 6.08. The summed E-state index contributed by atoms with van der Waals surface area (Å²) in [5.74, 6) is 0.0670. The van der Waals surface area contributed by atoms with E-state index in [0.717, 1.165) is 28.6 Å². The summed E-state index contributed by atoms with van der Waals surface area (Å²) in [5.41, 5.74) is 18.0.